The monoisotopic (exact) mass is 499 g/mol. The van der Waals surface area contributed by atoms with Gasteiger partial charge in [-0.15, -0.1) is 0 Å². The first kappa shape index (κ1) is 24.4. The van der Waals surface area contributed by atoms with Crippen LogP contribution in [0.1, 0.15) is 41.5 Å². The van der Waals surface area contributed by atoms with Crippen LogP contribution in [0.15, 0.2) is 47.0 Å². The quantitative estimate of drug-likeness (QED) is 0.278. The van der Waals surface area contributed by atoms with Crippen molar-refractivity contribution in [2.45, 2.75) is 37.8 Å². The summed E-state index contributed by atoms with van der Waals surface area (Å²) in [6, 6.07) is 6.74. The van der Waals surface area contributed by atoms with Crippen LogP contribution in [0.3, 0.4) is 0 Å². The molecule has 2 heterocycles. The van der Waals surface area contributed by atoms with E-state index in [1.54, 1.807) is 4.90 Å². The Balaban J connectivity index is 1.55. The number of hydrogen-bond donors (Lipinski definition) is 2. The summed E-state index contributed by atoms with van der Waals surface area (Å²) in [7, 11) is 0. The van der Waals surface area contributed by atoms with E-state index in [2.05, 4.69) is 10.1 Å². The molecule has 1 fully saturated rings. The van der Waals surface area contributed by atoms with Gasteiger partial charge < -0.3 is 19.9 Å². The number of benzene rings is 2. The van der Waals surface area contributed by atoms with Crippen LogP contribution in [0.5, 0.6) is 5.75 Å². The van der Waals surface area contributed by atoms with Gasteiger partial charge in [-0.05, 0) is 48.7 Å². The first-order valence-corrected chi connectivity index (χ1v) is 10.4. The summed E-state index contributed by atoms with van der Waals surface area (Å²) < 4.78 is 89.8. The molecule has 7 nitrogen and oxygen atoms in total. The first-order chi connectivity index (χ1) is 16.4. The zero-order valence-corrected chi connectivity index (χ0v) is 18.0. The fraction of sp³-hybridized carbons (Fsp3) is 0.318. The molecule has 1 atom stereocenters. The van der Waals surface area contributed by atoms with Crippen molar-refractivity contribution in [2.75, 3.05) is 6.54 Å². The van der Waals surface area contributed by atoms with E-state index in [0.29, 0.717) is 13.0 Å². The average Bonchev–Trinajstić information content (AvgIpc) is 3.46. The maximum Gasteiger partial charge on any atom is 0.419 e. The van der Waals surface area contributed by atoms with Crippen molar-refractivity contribution in [1.29, 1.82) is 5.41 Å². The molecule has 1 aliphatic heterocycles. The molecule has 0 aliphatic carbocycles. The van der Waals surface area contributed by atoms with Crippen LogP contribution in [0.25, 0.3) is 11.4 Å². The number of ether oxygens (including phenoxy) is 1. The highest BCUT2D eigenvalue weighted by Crippen LogP contribution is 2.39. The topological polar surface area (TPSA) is 101 Å². The number of guanidine groups is 1. The van der Waals surface area contributed by atoms with Crippen LogP contribution in [-0.2, 0) is 19.0 Å². The molecule has 0 bridgehead atoms. The number of nitrogens with two attached hydrogens (primary N) is 1. The highest BCUT2D eigenvalue weighted by atomic mass is 19.4. The lowest BCUT2D eigenvalue weighted by Crippen LogP contribution is -2.35. The van der Waals surface area contributed by atoms with E-state index in [9.17, 15) is 26.3 Å². The summed E-state index contributed by atoms with van der Waals surface area (Å²) in [5, 5.41) is 11.4. The molecule has 186 valence electrons. The molecule has 1 unspecified atom stereocenters. The van der Waals surface area contributed by atoms with Gasteiger partial charge in [-0.25, -0.2) is 0 Å². The minimum absolute atomic E-state index is 0.0292. The lowest BCUT2D eigenvalue weighted by Gasteiger charge is -2.21. The number of nitrogens with one attached hydrogen (secondary N) is 1. The maximum absolute atomic E-state index is 13.7. The van der Waals surface area contributed by atoms with E-state index >= 15 is 0 Å². The Morgan fingerprint density at radius 3 is 2.43 bits per heavy atom. The van der Waals surface area contributed by atoms with Gasteiger partial charge in [0.05, 0.1) is 11.1 Å². The van der Waals surface area contributed by atoms with E-state index < -0.39 is 35.3 Å². The number of aromatic nitrogens is 2. The predicted molar refractivity (Wildman–Crippen MR) is 111 cm³/mol. The number of nitrogens with zero attached hydrogens (tertiary/aromatic N) is 3. The van der Waals surface area contributed by atoms with E-state index in [1.807, 2.05) is 0 Å². The molecule has 0 radical (unpaired) electrons. The summed E-state index contributed by atoms with van der Waals surface area (Å²) in [5.41, 5.74) is 3.88. The van der Waals surface area contributed by atoms with Crippen LogP contribution in [-0.4, -0.2) is 27.5 Å². The molecule has 0 spiro atoms. The van der Waals surface area contributed by atoms with Gasteiger partial charge >= 0.3 is 12.4 Å². The second-order valence-electron chi connectivity index (χ2n) is 7.88. The van der Waals surface area contributed by atoms with Crippen molar-refractivity contribution < 1.29 is 35.6 Å². The van der Waals surface area contributed by atoms with Gasteiger partial charge in [0.2, 0.25) is 11.7 Å². The summed E-state index contributed by atoms with van der Waals surface area (Å²) in [6.45, 7) is 0.163. The number of halogens is 6. The van der Waals surface area contributed by atoms with Crippen molar-refractivity contribution in [1.82, 2.24) is 15.0 Å². The Kier molecular flexibility index (Phi) is 6.34. The number of rotatable bonds is 5. The van der Waals surface area contributed by atoms with Gasteiger partial charge in [-0.1, -0.05) is 17.3 Å². The average molecular weight is 499 g/mol. The molecule has 1 aliphatic rings. The molecule has 0 saturated carbocycles. The lowest BCUT2D eigenvalue weighted by atomic mass is 10.1. The van der Waals surface area contributed by atoms with Crippen molar-refractivity contribution in [3.8, 4) is 17.1 Å². The molecule has 1 aromatic heterocycles. The second-order valence-corrected chi connectivity index (χ2v) is 7.88. The third kappa shape index (κ3) is 5.33. The number of likely N-dealkylation sites (tertiary alicyclic amines) is 1. The van der Waals surface area contributed by atoms with Gasteiger partial charge in [0.1, 0.15) is 18.4 Å². The summed E-state index contributed by atoms with van der Waals surface area (Å²) in [4.78, 5) is 5.76. The first-order valence-electron chi connectivity index (χ1n) is 10.4. The molecule has 1 saturated heterocycles. The summed E-state index contributed by atoms with van der Waals surface area (Å²) in [6.07, 6.45) is -7.96. The Morgan fingerprint density at radius 1 is 1.09 bits per heavy atom. The van der Waals surface area contributed by atoms with Gasteiger partial charge in [0.15, 0.2) is 5.96 Å². The molecule has 2 aromatic carbocycles. The molecule has 13 heteroatoms. The zero-order chi connectivity index (χ0) is 25.4. The normalized spacial score (nSPS) is 16.5. The fourth-order valence-electron chi connectivity index (χ4n) is 3.77. The van der Waals surface area contributed by atoms with E-state index in [-0.39, 0.29) is 35.4 Å². The van der Waals surface area contributed by atoms with Crippen LogP contribution < -0.4 is 10.5 Å². The van der Waals surface area contributed by atoms with Gasteiger partial charge in [-0.2, -0.15) is 31.3 Å². The molecular weight excluding hydrogens is 480 g/mol. The minimum atomic E-state index is -4.78. The van der Waals surface area contributed by atoms with Crippen molar-refractivity contribution in [2.24, 2.45) is 5.73 Å². The molecule has 4 rings (SSSR count). The third-order valence-electron chi connectivity index (χ3n) is 5.51. The number of alkyl halides is 6. The number of hydrogen-bond acceptors (Lipinski definition) is 5. The Bertz CT molecular complexity index is 1210. The molecule has 3 N–H and O–H groups in total. The van der Waals surface area contributed by atoms with Gasteiger partial charge in [0, 0.05) is 12.1 Å². The van der Waals surface area contributed by atoms with Crippen LogP contribution >= 0.6 is 0 Å². The second kappa shape index (κ2) is 9.12. The largest absolute Gasteiger partial charge is 0.488 e. The Hall–Kier alpha value is -3.77. The highest BCUT2D eigenvalue weighted by molar-refractivity contribution is 5.75. The van der Waals surface area contributed by atoms with Crippen LogP contribution in [0, 0.1) is 5.41 Å². The van der Waals surface area contributed by atoms with E-state index in [1.165, 1.54) is 6.07 Å². The molecule has 0 amide bonds. The van der Waals surface area contributed by atoms with E-state index in [4.69, 9.17) is 20.4 Å². The van der Waals surface area contributed by atoms with Gasteiger partial charge in [-0.3, -0.25) is 5.41 Å². The lowest BCUT2D eigenvalue weighted by molar-refractivity contribution is -0.139. The summed E-state index contributed by atoms with van der Waals surface area (Å²) in [5.74, 6) is -0.594. The standard InChI is InChI=1S/C22H19F6N5O2/c23-21(24,25)14-6-3-12(4-7-14)11-34-17-8-5-13(10-15(17)22(26,27)28)18-31-19(35-32-18)16-2-1-9-33(16)20(29)30/h3-8,10,16H,1-2,9,11H2,(H3,29,30). The Labute approximate surface area is 195 Å². The van der Waals surface area contributed by atoms with E-state index in [0.717, 1.165) is 42.8 Å². The SMILES string of the molecule is N=C(N)N1CCCC1c1nc(-c2ccc(OCc3ccc(C(F)(F)F)cc3)c(C(F)(F)F)c2)no1. The molecule has 3 aromatic rings. The summed E-state index contributed by atoms with van der Waals surface area (Å²) >= 11 is 0. The highest BCUT2D eigenvalue weighted by Gasteiger charge is 2.36. The van der Waals surface area contributed by atoms with Crippen molar-refractivity contribution >= 4 is 5.96 Å². The predicted octanol–water partition coefficient (Wildman–Crippen LogP) is 5.38. The molecule has 35 heavy (non-hydrogen) atoms. The minimum Gasteiger partial charge on any atom is -0.488 e. The fourth-order valence-corrected chi connectivity index (χ4v) is 3.77. The molecular formula is C22H19F6N5O2. The van der Waals surface area contributed by atoms with Crippen LogP contribution in [0.4, 0.5) is 26.3 Å². The van der Waals surface area contributed by atoms with Crippen molar-refractivity contribution in [3.63, 3.8) is 0 Å². The van der Waals surface area contributed by atoms with Gasteiger partial charge in [0.25, 0.3) is 0 Å². The van der Waals surface area contributed by atoms with Crippen LogP contribution in [0.2, 0.25) is 0 Å². The maximum atomic E-state index is 13.7. The smallest absolute Gasteiger partial charge is 0.419 e. The Morgan fingerprint density at radius 2 is 1.80 bits per heavy atom. The zero-order valence-electron chi connectivity index (χ0n) is 18.0. The third-order valence-corrected chi connectivity index (χ3v) is 5.51. The van der Waals surface area contributed by atoms with Crippen molar-refractivity contribution in [3.05, 3.63) is 65.0 Å².